The van der Waals surface area contributed by atoms with Crippen molar-refractivity contribution in [3.8, 4) is 0 Å². The van der Waals surface area contributed by atoms with Crippen molar-refractivity contribution in [1.29, 1.82) is 0 Å². The lowest BCUT2D eigenvalue weighted by Gasteiger charge is -2.31. The van der Waals surface area contributed by atoms with Crippen LogP contribution in [-0.4, -0.2) is 48.4 Å². The van der Waals surface area contributed by atoms with Gasteiger partial charge in [0.25, 0.3) is 0 Å². The monoisotopic (exact) mass is 324 g/mol. The minimum absolute atomic E-state index is 0.0443. The van der Waals surface area contributed by atoms with Crippen molar-refractivity contribution in [3.63, 3.8) is 0 Å². The van der Waals surface area contributed by atoms with Crippen LogP contribution in [0.2, 0.25) is 5.02 Å². The third-order valence-corrected chi connectivity index (χ3v) is 4.01. The summed E-state index contributed by atoms with van der Waals surface area (Å²) in [7, 11) is 1.83. The number of pyridine rings is 1. The van der Waals surface area contributed by atoms with Gasteiger partial charge in [0, 0.05) is 38.2 Å². The Morgan fingerprint density at radius 2 is 2.09 bits per heavy atom. The Balaban J connectivity index is 1.79. The number of carbonyl (C=O) groups excluding carboxylic acids is 2. The highest BCUT2D eigenvalue weighted by Gasteiger charge is 2.27. The van der Waals surface area contributed by atoms with Crippen molar-refractivity contribution in [2.24, 2.45) is 5.92 Å². The fourth-order valence-corrected chi connectivity index (χ4v) is 2.57. The standard InChI is InChI=1S/C15H21ClN4O2/c1-17-7-4-14(21)20-8-5-11(6-9-20)15(22)19-13-3-2-12(16)10-18-13/h2-3,10-11,17H,4-9H2,1H3,(H,18,19,22). The maximum atomic E-state index is 12.2. The molecule has 120 valence electrons. The molecule has 1 aliphatic heterocycles. The van der Waals surface area contributed by atoms with Gasteiger partial charge in [-0.3, -0.25) is 9.59 Å². The summed E-state index contributed by atoms with van der Waals surface area (Å²) in [5.74, 6) is 0.525. The minimum Gasteiger partial charge on any atom is -0.343 e. The maximum absolute atomic E-state index is 12.2. The van der Waals surface area contributed by atoms with Crippen LogP contribution < -0.4 is 10.6 Å². The second kappa shape index (κ2) is 8.10. The molecule has 0 radical (unpaired) electrons. The normalized spacial score (nSPS) is 15.6. The van der Waals surface area contributed by atoms with Gasteiger partial charge < -0.3 is 15.5 Å². The number of hydrogen-bond donors (Lipinski definition) is 2. The smallest absolute Gasteiger partial charge is 0.228 e. The Bertz CT molecular complexity index is 513. The first-order chi connectivity index (χ1) is 10.6. The van der Waals surface area contributed by atoms with Gasteiger partial charge in [0.1, 0.15) is 5.82 Å². The summed E-state index contributed by atoms with van der Waals surface area (Å²) < 4.78 is 0. The molecule has 2 N–H and O–H groups in total. The predicted octanol–water partition coefficient (Wildman–Crippen LogP) is 1.52. The Hall–Kier alpha value is -1.66. The summed E-state index contributed by atoms with van der Waals surface area (Å²) in [6.45, 7) is 1.95. The fraction of sp³-hybridized carbons (Fsp3) is 0.533. The Kier molecular flexibility index (Phi) is 6.15. The lowest BCUT2D eigenvalue weighted by molar-refractivity contribution is -0.134. The fourth-order valence-electron chi connectivity index (χ4n) is 2.46. The number of likely N-dealkylation sites (tertiary alicyclic amines) is 1. The van der Waals surface area contributed by atoms with E-state index in [0.717, 1.165) is 0 Å². The summed E-state index contributed by atoms with van der Waals surface area (Å²) in [6.07, 6.45) is 3.37. The van der Waals surface area contributed by atoms with Gasteiger partial charge in [-0.25, -0.2) is 4.98 Å². The molecule has 7 heteroatoms. The van der Waals surface area contributed by atoms with Gasteiger partial charge in [0.05, 0.1) is 5.02 Å². The van der Waals surface area contributed by atoms with E-state index in [9.17, 15) is 9.59 Å². The molecule has 0 bridgehead atoms. The van der Waals surface area contributed by atoms with E-state index >= 15 is 0 Å². The molecule has 0 atom stereocenters. The van der Waals surface area contributed by atoms with E-state index in [-0.39, 0.29) is 17.7 Å². The summed E-state index contributed by atoms with van der Waals surface area (Å²) in [6, 6.07) is 3.36. The van der Waals surface area contributed by atoms with Crippen LogP contribution in [0.4, 0.5) is 5.82 Å². The number of amides is 2. The van der Waals surface area contributed by atoms with E-state index in [1.165, 1.54) is 6.20 Å². The molecule has 1 aromatic heterocycles. The van der Waals surface area contributed by atoms with E-state index in [1.807, 2.05) is 11.9 Å². The van der Waals surface area contributed by atoms with Crippen LogP contribution in [-0.2, 0) is 9.59 Å². The summed E-state index contributed by atoms with van der Waals surface area (Å²) in [5.41, 5.74) is 0. The highest BCUT2D eigenvalue weighted by molar-refractivity contribution is 6.30. The van der Waals surface area contributed by atoms with E-state index in [4.69, 9.17) is 11.6 Å². The number of anilines is 1. The highest BCUT2D eigenvalue weighted by atomic mass is 35.5. The van der Waals surface area contributed by atoms with Crippen LogP contribution in [0.3, 0.4) is 0 Å². The topological polar surface area (TPSA) is 74.3 Å². The van der Waals surface area contributed by atoms with Crippen molar-refractivity contribution in [3.05, 3.63) is 23.4 Å². The Morgan fingerprint density at radius 1 is 1.36 bits per heavy atom. The van der Waals surface area contributed by atoms with Gasteiger partial charge in [-0.15, -0.1) is 0 Å². The molecular formula is C15H21ClN4O2. The molecule has 1 fully saturated rings. The SMILES string of the molecule is CNCCC(=O)N1CCC(C(=O)Nc2ccc(Cl)cn2)CC1. The number of hydrogen-bond acceptors (Lipinski definition) is 4. The van der Waals surface area contributed by atoms with Crippen LogP contribution in [0.25, 0.3) is 0 Å². The van der Waals surface area contributed by atoms with Crippen LogP contribution in [0.15, 0.2) is 18.3 Å². The van der Waals surface area contributed by atoms with Gasteiger partial charge in [0.2, 0.25) is 11.8 Å². The van der Waals surface area contributed by atoms with Gasteiger partial charge in [0.15, 0.2) is 0 Å². The lowest BCUT2D eigenvalue weighted by Crippen LogP contribution is -2.42. The molecule has 6 nitrogen and oxygen atoms in total. The molecule has 0 aromatic carbocycles. The summed E-state index contributed by atoms with van der Waals surface area (Å²) in [5, 5.41) is 6.30. The predicted molar refractivity (Wildman–Crippen MR) is 85.7 cm³/mol. The van der Waals surface area contributed by atoms with Gasteiger partial charge in [-0.1, -0.05) is 11.6 Å². The first kappa shape index (κ1) is 16.7. The summed E-state index contributed by atoms with van der Waals surface area (Å²) >= 11 is 5.76. The van der Waals surface area contributed by atoms with E-state index in [2.05, 4.69) is 15.6 Å². The largest absolute Gasteiger partial charge is 0.343 e. The first-order valence-electron chi connectivity index (χ1n) is 7.45. The van der Waals surface area contributed by atoms with Crippen molar-refractivity contribution in [1.82, 2.24) is 15.2 Å². The van der Waals surface area contributed by atoms with Crippen molar-refractivity contribution >= 4 is 29.2 Å². The van der Waals surface area contributed by atoms with Gasteiger partial charge in [-0.05, 0) is 32.0 Å². The third kappa shape index (κ3) is 4.68. The molecule has 0 saturated carbocycles. The molecule has 1 aromatic rings. The van der Waals surface area contributed by atoms with Crippen molar-refractivity contribution in [2.75, 3.05) is 32.0 Å². The van der Waals surface area contributed by atoms with E-state index < -0.39 is 0 Å². The number of aromatic nitrogens is 1. The molecule has 2 amide bonds. The van der Waals surface area contributed by atoms with E-state index in [0.29, 0.717) is 49.7 Å². The Morgan fingerprint density at radius 3 is 2.68 bits per heavy atom. The van der Waals surface area contributed by atoms with Crippen molar-refractivity contribution < 1.29 is 9.59 Å². The Labute approximate surface area is 135 Å². The minimum atomic E-state index is -0.0779. The van der Waals surface area contributed by atoms with Crippen LogP contribution >= 0.6 is 11.6 Å². The van der Waals surface area contributed by atoms with Crippen molar-refractivity contribution in [2.45, 2.75) is 19.3 Å². The molecule has 2 rings (SSSR count). The van der Waals surface area contributed by atoms with Crippen LogP contribution in [0.5, 0.6) is 0 Å². The molecule has 22 heavy (non-hydrogen) atoms. The number of rotatable bonds is 5. The molecule has 0 spiro atoms. The van der Waals surface area contributed by atoms with E-state index in [1.54, 1.807) is 12.1 Å². The van der Waals surface area contributed by atoms with Crippen LogP contribution in [0, 0.1) is 5.92 Å². The molecule has 1 aliphatic rings. The quantitative estimate of drug-likeness (QED) is 0.861. The molecule has 2 heterocycles. The number of halogens is 1. The molecule has 0 aliphatic carbocycles. The second-order valence-electron chi connectivity index (χ2n) is 5.36. The zero-order valence-corrected chi connectivity index (χ0v) is 13.4. The van der Waals surface area contributed by atoms with Crippen LogP contribution in [0.1, 0.15) is 19.3 Å². The number of nitrogens with one attached hydrogen (secondary N) is 2. The summed E-state index contributed by atoms with van der Waals surface area (Å²) in [4.78, 5) is 30.0. The molecular weight excluding hydrogens is 304 g/mol. The maximum Gasteiger partial charge on any atom is 0.228 e. The lowest BCUT2D eigenvalue weighted by atomic mass is 9.95. The second-order valence-corrected chi connectivity index (χ2v) is 5.80. The number of nitrogens with zero attached hydrogens (tertiary/aromatic N) is 2. The average molecular weight is 325 g/mol. The first-order valence-corrected chi connectivity index (χ1v) is 7.82. The third-order valence-electron chi connectivity index (χ3n) is 3.79. The molecule has 0 unspecified atom stereocenters. The number of carbonyl (C=O) groups is 2. The average Bonchev–Trinajstić information content (AvgIpc) is 2.55. The van der Waals surface area contributed by atoms with Gasteiger partial charge >= 0.3 is 0 Å². The molecule has 1 saturated heterocycles. The number of piperidine rings is 1. The van der Waals surface area contributed by atoms with Gasteiger partial charge in [-0.2, -0.15) is 0 Å². The zero-order chi connectivity index (χ0) is 15.9. The highest BCUT2D eigenvalue weighted by Crippen LogP contribution is 2.20. The zero-order valence-electron chi connectivity index (χ0n) is 12.6.